The molecule has 0 bridgehead atoms. The Hall–Kier alpha value is -1.81. The molecule has 1 aliphatic carbocycles. The zero-order valence-corrected chi connectivity index (χ0v) is 14.0. The van der Waals surface area contributed by atoms with Gasteiger partial charge in [0.2, 0.25) is 0 Å². The molecular weight excluding hydrogens is 324 g/mol. The molecule has 25 heavy (non-hydrogen) atoms. The number of aromatic nitrogens is 4. The van der Waals surface area contributed by atoms with Crippen LogP contribution in [0.3, 0.4) is 0 Å². The Balaban J connectivity index is 1.65. The fourth-order valence-corrected chi connectivity index (χ4v) is 3.91. The van der Waals surface area contributed by atoms with E-state index in [9.17, 15) is 10.2 Å². The standard InChI is InChI=1S/C16H24N6O3/c17-14-12-15(19-7-18-14)22(8-20-12)16-11(13(24)10(6-23)25-16)21-9-4-2-1-3-5-9/h7-11,13,16,21,23-24H,1-6H2,(H2,17,18,19)/t10-,11-,13+,16-/m1/s1. The summed E-state index contributed by atoms with van der Waals surface area (Å²) in [5, 5.41) is 23.7. The molecule has 0 amide bonds. The second-order valence-corrected chi connectivity index (χ2v) is 6.85. The van der Waals surface area contributed by atoms with E-state index >= 15 is 0 Å². The van der Waals surface area contributed by atoms with Gasteiger partial charge in [0.1, 0.15) is 24.1 Å². The van der Waals surface area contributed by atoms with Crippen molar-refractivity contribution in [2.45, 2.75) is 62.6 Å². The van der Waals surface area contributed by atoms with Gasteiger partial charge in [-0.15, -0.1) is 0 Å². The first-order valence-corrected chi connectivity index (χ1v) is 8.82. The van der Waals surface area contributed by atoms with Crippen LogP contribution < -0.4 is 11.1 Å². The van der Waals surface area contributed by atoms with Crippen LogP contribution in [0.15, 0.2) is 12.7 Å². The molecule has 1 saturated carbocycles. The average Bonchev–Trinajstić information content (AvgIpc) is 3.19. The normalized spacial score (nSPS) is 31.0. The third-order valence-corrected chi connectivity index (χ3v) is 5.24. The number of aliphatic hydroxyl groups is 2. The third-order valence-electron chi connectivity index (χ3n) is 5.24. The Bertz CT molecular complexity index is 732. The molecule has 2 aromatic rings. The van der Waals surface area contributed by atoms with Crippen LogP contribution in [0, 0.1) is 0 Å². The van der Waals surface area contributed by atoms with Crippen LogP contribution in [0.1, 0.15) is 38.3 Å². The predicted octanol–water partition coefficient (Wildman–Crippen LogP) is -0.0500. The lowest BCUT2D eigenvalue weighted by Crippen LogP contribution is -2.49. The van der Waals surface area contributed by atoms with E-state index in [2.05, 4.69) is 20.3 Å². The molecule has 2 aromatic heterocycles. The summed E-state index contributed by atoms with van der Waals surface area (Å²) in [7, 11) is 0. The quantitative estimate of drug-likeness (QED) is 0.605. The van der Waals surface area contributed by atoms with Gasteiger partial charge >= 0.3 is 0 Å². The molecule has 4 rings (SSSR count). The zero-order valence-electron chi connectivity index (χ0n) is 14.0. The summed E-state index contributed by atoms with van der Waals surface area (Å²) in [5.74, 6) is 0.304. The van der Waals surface area contributed by atoms with Crippen LogP contribution in [-0.4, -0.2) is 60.6 Å². The highest BCUT2D eigenvalue weighted by atomic mass is 16.5. The van der Waals surface area contributed by atoms with E-state index in [0.717, 1.165) is 12.8 Å². The Morgan fingerprint density at radius 1 is 1.24 bits per heavy atom. The van der Waals surface area contributed by atoms with E-state index in [0.29, 0.717) is 23.0 Å². The molecule has 136 valence electrons. The van der Waals surface area contributed by atoms with Crippen molar-refractivity contribution in [3.05, 3.63) is 12.7 Å². The second-order valence-electron chi connectivity index (χ2n) is 6.85. The number of nitrogens with zero attached hydrogens (tertiary/aromatic N) is 4. The minimum Gasteiger partial charge on any atom is -0.394 e. The fraction of sp³-hybridized carbons (Fsp3) is 0.688. The minimum absolute atomic E-state index is 0.246. The summed E-state index contributed by atoms with van der Waals surface area (Å²) >= 11 is 0. The Morgan fingerprint density at radius 2 is 2.04 bits per heavy atom. The van der Waals surface area contributed by atoms with Crippen molar-refractivity contribution >= 4 is 17.0 Å². The van der Waals surface area contributed by atoms with Crippen molar-refractivity contribution in [2.24, 2.45) is 0 Å². The summed E-state index contributed by atoms with van der Waals surface area (Å²) in [5.41, 5.74) is 6.92. The fourth-order valence-electron chi connectivity index (χ4n) is 3.91. The van der Waals surface area contributed by atoms with Gasteiger partial charge in [0, 0.05) is 6.04 Å². The minimum atomic E-state index is -0.812. The highest BCUT2D eigenvalue weighted by molar-refractivity contribution is 5.81. The van der Waals surface area contributed by atoms with Crippen LogP contribution in [0.2, 0.25) is 0 Å². The predicted molar refractivity (Wildman–Crippen MR) is 90.5 cm³/mol. The maximum Gasteiger partial charge on any atom is 0.167 e. The van der Waals surface area contributed by atoms with Crippen molar-refractivity contribution < 1.29 is 14.9 Å². The summed E-state index contributed by atoms with van der Waals surface area (Å²) in [6, 6.07) is -0.0136. The number of aliphatic hydroxyl groups excluding tert-OH is 2. The third kappa shape index (κ3) is 2.97. The maximum absolute atomic E-state index is 10.6. The van der Waals surface area contributed by atoms with Crippen LogP contribution >= 0.6 is 0 Å². The lowest BCUT2D eigenvalue weighted by Gasteiger charge is -2.30. The SMILES string of the molecule is Nc1ncnc2c1ncn2[C@@H]1O[C@H](CO)[C@H](O)[C@H]1NC1CCCCC1. The molecule has 3 heterocycles. The smallest absolute Gasteiger partial charge is 0.167 e. The van der Waals surface area contributed by atoms with Crippen molar-refractivity contribution in [1.82, 2.24) is 24.8 Å². The van der Waals surface area contributed by atoms with Crippen molar-refractivity contribution in [2.75, 3.05) is 12.3 Å². The van der Waals surface area contributed by atoms with E-state index in [1.807, 2.05) is 0 Å². The first-order valence-electron chi connectivity index (χ1n) is 8.82. The summed E-state index contributed by atoms with van der Waals surface area (Å²) in [4.78, 5) is 12.5. The summed E-state index contributed by atoms with van der Waals surface area (Å²) in [6.45, 7) is -0.246. The molecule has 9 nitrogen and oxygen atoms in total. The molecule has 1 aliphatic heterocycles. The second kappa shape index (κ2) is 6.83. The molecule has 4 atom stereocenters. The molecule has 1 saturated heterocycles. The number of fused-ring (bicyclic) bond motifs is 1. The van der Waals surface area contributed by atoms with Crippen molar-refractivity contribution in [3.63, 3.8) is 0 Å². The molecule has 9 heteroatoms. The summed E-state index contributed by atoms with van der Waals surface area (Å²) < 4.78 is 7.69. The number of anilines is 1. The lowest BCUT2D eigenvalue weighted by molar-refractivity contribution is -0.0443. The number of imidazole rings is 1. The number of nitrogens with one attached hydrogen (secondary N) is 1. The number of hydrogen-bond acceptors (Lipinski definition) is 8. The van der Waals surface area contributed by atoms with Gasteiger partial charge in [-0.1, -0.05) is 19.3 Å². The Morgan fingerprint density at radius 3 is 2.80 bits per heavy atom. The first-order chi connectivity index (χ1) is 12.2. The molecule has 0 radical (unpaired) electrons. The molecule has 0 unspecified atom stereocenters. The van der Waals surface area contributed by atoms with Crippen molar-refractivity contribution in [3.8, 4) is 0 Å². The van der Waals surface area contributed by atoms with Crippen LogP contribution in [0.4, 0.5) is 5.82 Å². The van der Waals surface area contributed by atoms with Gasteiger partial charge in [0.05, 0.1) is 19.0 Å². The van der Waals surface area contributed by atoms with E-state index in [-0.39, 0.29) is 12.6 Å². The Labute approximate surface area is 145 Å². The van der Waals surface area contributed by atoms with Gasteiger partial charge in [-0.2, -0.15) is 0 Å². The van der Waals surface area contributed by atoms with E-state index < -0.39 is 18.4 Å². The van der Waals surface area contributed by atoms with Gasteiger partial charge in [-0.3, -0.25) is 4.57 Å². The summed E-state index contributed by atoms with van der Waals surface area (Å²) in [6.07, 6.45) is 6.80. The zero-order chi connectivity index (χ0) is 17.4. The number of hydrogen-bond donors (Lipinski definition) is 4. The monoisotopic (exact) mass is 348 g/mol. The molecule has 0 spiro atoms. The lowest BCUT2D eigenvalue weighted by atomic mass is 9.94. The average molecular weight is 348 g/mol. The van der Waals surface area contributed by atoms with Gasteiger partial charge in [-0.05, 0) is 12.8 Å². The number of rotatable bonds is 4. The van der Waals surface area contributed by atoms with Gasteiger partial charge < -0.3 is 26.0 Å². The highest BCUT2D eigenvalue weighted by Gasteiger charge is 2.45. The van der Waals surface area contributed by atoms with Gasteiger partial charge in [0.15, 0.2) is 17.7 Å². The van der Waals surface area contributed by atoms with E-state index in [4.69, 9.17) is 10.5 Å². The number of nitrogen functional groups attached to an aromatic ring is 1. The van der Waals surface area contributed by atoms with Crippen LogP contribution in [-0.2, 0) is 4.74 Å². The Kier molecular flexibility index (Phi) is 4.55. The molecule has 5 N–H and O–H groups in total. The van der Waals surface area contributed by atoms with E-state index in [1.165, 1.54) is 25.6 Å². The topological polar surface area (TPSA) is 131 Å². The number of ether oxygens (including phenoxy) is 1. The van der Waals surface area contributed by atoms with Crippen molar-refractivity contribution in [1.29, 1.82) is 0 Å². The van der Waals surface area contributed by atoms with Gasteiger partial charge in [0.25, 0.3) is 0 Å². The van der Waals surface area contributed by atoms with Gasteiger partial charge in [-0.25, -0.2) is 15.0 Å². The van der Waals surface area contributed by atoms with Crippen LogP contribution in [0.25, 0.3) is 11.2 Å². The largest absolute Gasteiger partial charge is 0.394 e. The molecule has 2 fully saturated rings. The molecule has 2 aliphatic rings. The van der Waals surface area contributed by atoms with E-state index in [1.54, 1.807) is 10.9 Å². The van der Waals surface area contributed by atoms with Crippen LogP contribution in [0.5, 0.6) is 0 Å². The highest BCUT2D eigenvalue weighted by Crippen LogP contribution is 2.33. The molecule has 0 aromatic carbocycles. The first kappa shape index (κ1) is 16.6. The molecular formula is C16H24N6O3. The number of nitrogens with two attached hydrogens (primary N) is 1. The maximum atomic E-state index is 10.6.